The van der Waals surface area contributed by atoms with Gasteiger partial charge in [-0.1, -0.05) is 30.3 Å². The number of benzene rings is 2. The highest BCUT2D eigenvalue weighted by Crippen LogP contribution is 2.25. The summed E-state index contributed by atoms with van der Waals surface area (Å²) in [5.41, 5.74) is -0.211. The molecule has 0 aromatic heterocycles. The Balaban J connectivity index is 2.46. The molecule has 2 rings (SSSR count). The van der Waals surface area contributed by atoms with Crippen molar-refractivity contribution in [2.45, 2.75) is 39.3 Å². The molecule has 0 saturated heterocycles. The number of aliphatic carboxylic acids is 1. The second-order valence-electron chi connectivity index (χ2n) is 6.40. The molecule has 0 spiro atoms. The fourth-order valence-corrected chi connectivity index (χ4v) is 2.24. The minimum absolute atomic E-state index is 0.493. The smallest absolute Gasteiger partial charge is 0.415 e. The van der Waals surface area contributed by atoms with Gasteiger partial charge in [0.1, 0.15) is 11.6 Å². The zero-order valence-corrected chi connectivity index (χ0v) is 13.7. The van der Waals surface area contributed by atoms with Crippen LogP contribution >= 0.6 is 0 Å². The van der Waals surface area contributed by atoms with Crippen LogP contribution in [-0.2, 0) is 9.53 Å². The molecule has 0 heterocycles. The van der Waals surface area contributed by atoms with Gasteiger partial charge in [0.2, 0.25) is 0 Å². The Morgan fingerprint density at radius 2 is 1.70 bits per heavy atom. The fourth-order valence-electron chi connectivity index (χ4n) is 2.24. The Morgan fingerprint density at radius 1 is 1.09 bits per heavy atom. The van der Waals surface area contributed by atoms with Crippen molar-refractivity contribution in [2.75, 3.05) is 4.90 Å². The molecular weight excluding hydrogens is 294 g/mol. The first-order valence-corrected chi connectivity index (χ1v) is 7.43. The maximum absolute atomic E-state index is 12.5. The molecule has 5 heteroatoms. The number of carbonyl (C=O) groups is 2. The highest BCUT2D eigenvalue weighted by atomic mass is 16.6. The molecule has 0 aliphatic carbocycles. The number of carbonyl (C=O) groups excluding carboxylic acids is 1. The van der Waals surface area contributed by atoms with Gasteiger partial charge in [-0.15, -0.1) is 0 Å². The van der Waals surface area contributed by atoms with E-state index in [9.17, 15) is 14.7 Å². The number of nitrogens with zero attached hydrogens (tertiary/aromatic N) is 1. The molecular formula is C18H21NO4. The summed E-state index contributed by atoms with van der Waals surface area (Å²) < 4.78 is 5.36. The van der Waals surface area contributed by atoms with E-state index in [1.807, 2.05) is 30.3 Å². The molecule has 1 atom stereocenters. The molecule has 1 N–H and O–H groups in total. The first-order chi connectivity index (χ1) is 10.7. The lowest BCUT2D eigenvalue weighted by Gasteiger charge is -2.30. The van der Waals surface area contributed by atoms with E-state index in [1.165, 1.54) is 11.8 Å². The molecule has 0 aliphatic heterocycles. The molecule has 1 amide bonds. The number of rotatable bonds is 3. The molecule has 0 saturated carbocycles. The van der Waals surface area contributed by atoms with Crippen LogP contribution in [0.1, 0.15) is 27.7 Å². The van der Waals surface area contributed by atoms with Gasteiger partial charge in [-0.3, -0.25) is 4.90 Å². The topological polar surface area (TPSA) is 66.8 Å². The van der Waals surface area contributed by atoms with Crippen molar-refractivity contribution in [2.24, 2.45) is 0 Å². The second-order valence-corrected chi connectivity index (χ2v) is 6.40. The number of hydrogen-bond donors (Lipinski definition) is 1. The van der Waals surface area contributed by atoms with E-state index < -0.39 is 23.7 Å². The SMILES string of the molecule is CC(C(=O)O)N(C(=O)OC(C)(C)C)c1ccc2ccccc2c1. The van der Waals surface area contributed by atoms with Gasteiger partial charge in [0.05, 0.1) is 0 Å². The normalized spacial score (nSPS) is 12.7. The maximum Gasteiger partial charge on any atom is 0.415 e. The third kappa shape index (κ3) is 4.00. The third-order valence-electron chi connectivity index (χ3n) is 3.35. The largest absolute Gasteiger partial charge is 0.480 e. The quantitative estimate of drug-likeness (QED) is 0.927. The molecule has 0 aliphatic rings. The molecule has 0 fully saturated rings. The molecule has 122 valence electrons. The van der Waals surface area contributed by atoms with Crippen LogP contribution in [-0.4, -0.2) is 28.8 Å². The van der Waals surface area contributed by atoms with Gasteiger partial charge in [-0.2, -0.15) is 0 Å². The van der Waals surface area contributed by atoms with Gasteiger partial charge in [-0.05, 0) is 50.6 Å². The standard InChI is InChI=1S/C18H21NO4/c1-12(16(20)21)19(17(22)23-18(2,3)4)15-10-9-13-7-5-6-8-14(13)11-15/h5-12H,1-4H3,(H,20,21). The van der Waals surface area contributed by atoms with E-state index in [0.29, 0.717) is 5.69 Å². The van der Waals surface area contributed by atoms with Crippen LogP contribution in [0.3, 0.4) is 0 Å². The third-order valence-corrected chi connectivity index (χ3v) is 3.35. The van der Waals surface area contributed by atoms with Crippen LogP contribution in [0.25, 0.3) is 10.8 Å². The van der Waals surface area contributed by atoms with Crippen molar-refractivity contribution in [3.8, 4) is 0 Å². The number of anilines is 1. The molecule has 1 unspecified atom stereocenters. The summed E-state index contributed by atoms with van der Waals surface area (Å²) in [6.45, 7) is 6.69. The Hall–Kier alpha value is -2.56. The van der Waals surface area contributed by atoms with Gasteiger partial charge in [0.25, 0.3) is 0 Å². The summed E-state index contributed by atoms with van der Waals surface area (Å²) in [6.07, 6.45) is -0.678. The lowest BCUT2D eigenvalue weighted by molar-refractivity contribution is -0.138. The van der Waals surface area contributed by atoms with Crippen LogP contribution < -0.4 is 4.90 Å². The van der Waals surface area contributed by atoms with Crippen molar-refractivity contribution >= 4 is 28.5 Å². The average molecular weight is 315 g/mol. The van der Waals surface area contributed by atoms with Gasteiger partial charge < -0.3 is 9.84 Å². The average Bonchev–Trinajstić information content (AvgIpc) is 2.45. The molecule has 5 nitrogen and oxygen atoms in total. The fraction of sp³-hybridized carbons (Fsp3) is 0.333. The summed E-state index contributed by atoms with van der Waals surface area (Å²) in [6, 6.07) is 12.0. The van der Waals surface area contributed by atoms with Crippen molar-refractivity contribution in [1.29, 1.82) is 0 Å². The number of ether oxygens (including phenoxy) is 1. The number of fused-ring (bicyclic) bond motifs is 1. The monoisotopic (exact) mass is 315 g/mol. The first kappa shape index (κ1) is 16.8. The van der Waals surface area contributed by atoms with Crippen molar-refractivity contribution in [3.63, 3.8) is 0 Å². The van der Waals surface area contributed by atoms with Crippen LogP contribution in [0.4, 0.5) is 10.5 Å². The summed E-state index contributed by atoms with van der Waals surface area (Å²) in [7, 11) is 0. The lowest BCUT2D eigenvalue weighted by atomic mass is 10.1. The zero-order valence-electron chi connectivity index (χ0n) is 13.7. The maximum atomic E-state index is 12.5. The number of carboxylic acid groups (broad SMARTS) is 1. The van der Waals surface area contributed by atoms with E-state index in [0.717, 1.165) is 10.8 Å². The summed E-state index contributed by atoms with van der Waals surface area (Å²) in [4.78, 5) is 25.0. The van der Waals surface area contributed by atoms with E-state index in [1.54, 1.807) is 32.9 Å². The highest BCUT2D eigenvalue weighted by Gasteiger charge is 2.31. The van der Waals surface area contributed by atoms with E-state index >= 15 is 0 Å². The molecule has 23 heavy (non-hydrogen) atoms. The van der Waals surface area contributed by atoms with Crippen LogP contribution in [0, 0.1) is 0 Å². The first-order valence-electron chi connectivity index (χ1n) is 7.43. The van der Waals surface area contributed by atoms with E-state index in [-0.39, 0.29) is 0 Å². The van der Waals surface area contributed by atoms with Crippen LogP contribution in [0.2, 0.25) is 0 Å². The predicted molar refractivity (Wildman–Crippen MR) is 89.8 cm³/mol. The molecule has 2 aromatic rings. The Morgan fingerprint density at radius 3 is 2.26 bits per heavy atom. The number of amides is 1. The van der Waals surface area contributed by atoms with Crippen LogP contribution in [0.5, 0.6) is 0 Å². The van der Waals surface area contributed by atoms with Crippen molar-refractivity contribution in [3.05, 3.63) is 42.5 Å². The number of carboxylic acids is 1. The van der Waals surface area contributed by atoms with E-state index in [4.69, 9.17) is 4.74 Å². The molecule has 2 aromatic carbocycles. The highest BCUT2D eigenvalue weighted by molar-refractivity contribution is 5.97. The van der Waals surface area contributed by atoms with Crippen molar-refractivity contribution < 1.29 is 19.4 Å². The van der Waals surface area contributed by atoms with Crippen LogP contribution in [0.15, 0.2) is 42.5 Å². The predicted octanol–water partition coefficient (Wildman–Crippen LogP) is 4.05. The van der Waals surface area contributed by atoms with Crippen molar-refractivity contribution in [1.82, 2.24) is 0 Å². The Bertz CT molecular complexity index is 733. The minimum Gasteiger partial charge on any atom is -0.480 e. The van der Waals surface area contributed by atoms with Gasteiger partial charge in [0, 0.05) is 5.69 Å². The zero-order chi connectivity index (χ0) is 17.2. The Labute approximate surface area is 135 Å². The summed E-state index contributed by atoms with van der Waals surface area (Å²) in [5, 5.41) is 11.3. The molecule has 0 bridgehead atoms. The second kappa shape index (κ2) is 6.28. The Kier molecular flexibility index (Phi) is 4.59. The van der Waals surface area contributed by atoms with Gasteiger partial charge in [-0.25, -0.2) is 9.59 Å². The molecule has 0 radical (unpaired) electrons. The minimum atomic E-state index is -1.09. The van der Waals surface area contributed by atoms with Gasteiger partial charge >= 0.3 is 12.1 Å². The summed E-state index contributed by atoms with van der Waals surface area (Å²) in [5.74, 6) is -1.09. The summed E-state index contributed by atoms with van der Waals surface area (Å²) >= 11 is 0. The van der Waals surface area contributed by atoms with E-state index in [2.05, 4.69) is 0 Å². The van der Waals surface area contributed by atoms with Gasteiger partial charge in [0.15, 0.2) is 0 Å². The lowest BCUT2D eigenvalue weighted by Crippen LogP contribution is -2.46. The number of hydrogen-bond acceptors (Lipinski definition) is 3.